The standard InChI is InChI=1S/C15H21N5O/c1-12(15-17-13(2)18-21-15)20-9-7-19(8-10-20)11-14-5-3-4-6-16-14/h3-6,12H,7-11H2,1-2H3/t12-/m0/s1. The maximum absolute atomic E-state index is 5.28. The molecule has 21 heavy (non-hydrogen) atoms. The summed E-state index contributed by atoms with van der Waals surface area (Å²) in [6.07, 6.45) is 1.85. The van der Waals surface area contributed by atoms with Crippen LogP contribution in [0, 0.1) is 6.92 Å². The highest BCUT2D eigenvalue weighted by atomic mass is 16.5. The topological polar surface area (TPSA) is 58.3 Å². The molecule has 0 saturated carbocycles. The fourth-order valence-electron chi connectivity index (χ4n) is 2.67. The van der Waals surface area contributed by atoms with Crippen molar-refractivity contribution in [3.8, 4) is 0 Å². The fraction of sp³-hybridized carbons (Fsp3) is 0.533. The van der Waals surface area contributed by atoms with Crippen LogP contribution in [-0.2, 0) is 6.54 Å². The zero-order valence-electron chi connectivity index (χ0n) is 12.6. The van der Waals surface area contributed by atoms with Crippen LogP contribution in [0.5, 0.6) is 0 Å². The van der Waals surface area contributed by atoms with Crippen molar-refractivity contribution in [1.82, 2.24) is 24.9 Å². The van der Waals surface area contributed by atoms with Gasteiger partial charge in [-0.2, -0.15) is 4.98 Å². The van der Waals surface area contributed by atoms with Crippen molar-refractivity contribution in [1.29, 1.82) is 0 Å². The van der Waals surface area contributed by atoms with Crippen LogP contribution in [0.3, 0.4) is 0 Å². The minimum Gasteiger partial charge on any atom is -0.338 e. The van der Waals surface area contributed by atoms with E-state index in [1.807, 2.05) is 25.3 Å². The van der Waals surface area contributed by atoms with Gasteiger partial charge in [0.25, 0.3) is 0 Å². The van der Waals surface area contributed by atoms with E-state index in [2.05, 4.69) is 37.9 Å². The molecule has 6 nitrogen and oxygen atoms in total. The monoisotopic (exact) mass is 287 g/mol. The SMILES string of the molecule is Cc1noc([C@H](C)N2CCN(Cc3ccccn3)CC2)n1. The number of aryl methyl sites for hydroxylation is 1. The van der Waals surface area contributed by atoms with E-state index < -0.39 is 0 Å². The smallest absolute Gasteiger partial charge is 0.243 e. The maximum Gasteiger partial charge on any atom is 0.243 e. The molecule has 6 heteroatoms. The van der Waals surface area contributed by atoms with E-state index in [0.717, 1.165) is 38.4 Å². The molecule has 3 heterocycles. The van der Waals surface area contributed by atoms with Gasteiger partial charge < -0.3 is 4.52 Å². The molecule has 0 spiro atoms. The molecule has 0 aliphatic carbocycles. The van der Waals surface area contributed by atoms with E-state index >= 15 is 0 Å². The molecule has 2 aromatic heterocycles. The van der Waals surface area contributed by atoms with E-state index in [0.29, 0.717) is 11.7 Å². The predicted octanol–water partition coefficient (Wildman–Crippen LogP) is 1.65. The summed E-state index contributed by atoms with van der Waals surface area (Å²) >= 11 is 0. The van der Waals surface area contributed by atoms with Gasteiger partial charge in [-0.25, -0.2) is 0 Å². The summed E-state index contributed by atoms with van der Waals surface area (Å²) in [7, 11) is 0. The molecule has 1 aliphatic rings. The number of piperazine rings is 1. The first kappa shape index (κ1) is 14.2. The molecule has 3 rings (SSSR count). The van der Waals surface area contributed by atoms with E-state index in [4.69, 9.17) is 4.52 Å². The number of nitrogens with zero attached hydrogens (tertiary/aromatic N) is 5. The Morgan fingerprint density at radius 3 is 2.67 bits per heavy atom. The lowest BCUT2D eigenvalue weighted by molar-refractivity contribution is 0.0839. The average Bonchev–Trinajstić information content (AvgIpc) is 2.95. The van der Waals surface area contributed by atoms with Crippen LogP contribution in [0.15, 0.2) is 28.9 Å². The van der Waals surface area contributed by atoms with Gasteiger partial charge in [-0.15, -0.1) is 0 Å². The number of hydrogen-bond donors (Lipinski definition) is 0. The zero-order chi connectivity index (χ0) is 14.7. The van der Waals surface area contributed by atoms with Gasteiger partial charge in [0.15, 0.2) is 5.82 Å². The Balaban J connectivity index is 1.53. The second-order valence-corrected chi connectivity index (χ2v) is 5.49. The van der Waals surface area contributed by atoms with Crippen molar-refractivity contribution in [2.45, 2.75) is 26.4 Å². The predicted molar refractivity (Wildman–Crippen MR) is 78.5 cm³/mol. The molecular weight excluding hydrogens is 266 g/mol. The molecule has 2 aromatic rings. The van der Waals surface area contributed by atoms with Gasteiger partial charge in [0.2, 0.25) is 5.89 Å². The lowest BCUT2D eigenvalue weighted by Gasteiger charge is -2.36. The quantitative estimate of drug-likeness (QED) is 0.852. The first-order valence-corrected chi connectivity index (χ1v) is 7.39. The van der Waals surface area contributed by atoms with Crippen LogP contribution in [0.2, 0.25) is 0 Å². The minimum absolute atomic E-state index is 0.184. The van der Waals surface area contributed by atoms with Gasteiger partial charge in [0.1, 0.15) is 0 Å². The van der Waals surface area contributed by atoms with Crippen LogP contribution in [0.25, 0.3) is 0 Å². The van der Waals surface area contributed by atoms with Gasteiger partial charge in [-0.05, 0) is 26.0 Å². The van der Waals surface area contributed by atoms with Gasteiger partial charge in [-0.3, -0.25) is 14.8 Å². The first-order chi connectivity index (χ1) is 10.2. The molecule has 0 radical (unpaired) electrons. The van der Waals surface area contributed by atoms with Crippen molar-refractivity contribution in [3.63, 3.8) is 0 Å². The molecule has 1 saturated heterocycles. The largest absolute Gasteiger partial charge is 0.338 e. The van der Waals surface area contributed by atoms with E-state index in [9.17, 15) is 0 Å². The average molecular weight is 287 g/mol. The third-order valence-corrected chi connectivity index (χ3v) is 3.97. The molecule has 0 aromatic carbocycles. The molecule has 1 aliphatic heterocycles. The van der Waals surface area contributed by atoms with Gasteiger partial charge in [0.05, 0.1) is 11.7 Å². The van der Waals surface area contributed by atoms with Crippen molar-refractivity contribution >= 4 is 0 Å². The normalized spacial score (nSPS) is 18.8. The molecule has 0 bridgehead atoms. The Bertz CT molecular complexity index is 562. The summed E-state index contributed by atoms with van der Waals surface area (Å²) in [5, 5.41) is 3.87. The van der Waals surface area contributed by atoms with E-state index in [1.54, 1.807) is 0 Å². The number of rotatable bonds is 4. The Labute approximate surface area is 124 Å². The molecule has 1 fully saturated rings. The number of pyridine rings is 1. The fourth-order valence-corrected chi connectivity index (χ4v) is 2.67. The summed E-state index contributed by atoms with van der Waals surface area (Å²) in [5.41, 5.74) is 1.13. The van der Waals surface area contributed by atoms with Crippen molar-refractivity contribution in [2.75, 3.05) is 26.2 Å². The van der Waals surface area contributed by atoms with Crippen LogP contribution in [-0.4, -0.2) is 51.1 Å². The van der Waals surface area contributed by atoms with Crippen LogP contribution in [0.1, 0.15) is 30.4 Å². The highest BCUT2D eigenvalue weighted by Crippen LogP contribution is 2.20. The lowest BCUT2D eigenvalue weighted by atomic mass is 10.2. The van der Waals surface area contributed by atoms with Crippen LogP contribution < -0.4 is 0 Å². The minimum atomic E-state index is 0.184. The molecule has 1 atom stereocenters. The molecular formula is C15H21N5O. The van der Waals surface area contributed by atoms with E-state index in [1.165, 1.54) is 0 Å². The summed E-state index contributed by atoms with van der Waals surface area (Å²) in [6.45, 7) is 8.99. The highest BCUT2D eigenvalue weighted by molar-refractivity contribution is 5.03. The molecule has 112 valence electrons. The van der Waals surface area contributed by atoms with Gasteiger partial charge >= 0.3 is 0 Å². The summed E-state index contributed by atoms with van der Waals surface area (Å²) in [4.78, 5) is 13.5. The number of hydrogen-bond acceptors (Lipinski definition) is 6. The molecule has 0 amide bonds. The zero-order valence-corrected chi connectivity index (χ0v) is 12.6. The Kier molecular flexibility index (Phi) is 4.26. The summed E-state index contributed by atoms with van der Waals surface area (Å²) in [5.74, 6) is 1.41. The van der Waals surface area contributed by atoms with Crippen LogP contribution >= 0.6 is 0 Å². The van der Waals surface area contributed by atoms with Gasteiger partial charge in [0, 0.05) is 38.9 Å². The second kappa shape index (κ2) is 6.32. The summed E-state index contributed by atoms with van der Waals surface area (Å²) in [6, 6.07) is 6.26. The van der Waals surface area contributed by atoms with Crippen LogP contribution in [0.4, 0.5) is 0 Å². The third-order valence-electron chi connectivity index (χ3n) is 3.97. The van der Waals surface area contributed by atoms with Crippen molar-refractivity contribution in [3.05, 3.63) is 41.8 Å². The third kappa shape index (κ3) is 3.46. The molecule has 0 N–H and O–H groups in total. The summed E-state index contributed by atoms with van der Waals surface area (Å²) < 4.78 is 5.28. The van der Waals surface area contributed by atoms with Gasteiger partial charge in [-0.1, -0.05) is 11.2 Å². The first-order valence-electron chi connectivity index (χ1n) is 7.39. The number of aromatic nitrogens is 3. The van der Waals surface area contributed by atoms with E-state index in [-0.39, 0.29) is 6.04 Å². The highest BCUT2D eigenvalue weighted by Gasteiger charge is 2.25. The Morgan fingerprint density at radius 1 is 1.24 bits per heavy atom. The van der Waals surface area contributed by atoms with Crippen molar-refractivity contribution in [2.24, 2.45) is 0 Å². The Morgan fingerprint density at radius 2 is 2.05 bits per heavy atom. The lowest BCUT2D eigenvalue weighted by Crippen LogP contribution is -2.46. The molecule has 0 unspecified atom stereocenters. The maximum atomic E-state index is 5.28. The second-order valence-electron chi connectivity index (χ2n) is 5.49. The Hall–Kier alpha value is -1.79. The van der Waals surface area contributed by atoms with Crippen molar-refractivity contribution < 1.29 is 4.52 Å².